The van der Waals surface area contributed by atoms with Crippen molar-refractivity contribution in [3.8, 4) is 0 Å². The van der Waals surface area contributed by atoms with Gasteiger partial charge in [0, 0.05) is 31.4 Å². The maximum absolute atomic E-state index is 13.3. The minimum absolute atomic E-state index is 0.00145. The predicted octanol–water partition coefficient (Wildman–Crippen LogP) is 2.96. The number of anilines is 1. The number of amides is 2. The summed E-state index contributed by atoms with van der Waals surface area (Å²) < 4.78 is 26.2. The van der Waals surface area contributed by atoms with Crippen molar-refractivity contribution in [2.45, 2.75) is 13.0 Å². The van der Waals surface area contributed by atoms with E-state index >= 15 is 0 Å². The van der Waals surface area contributed by atoms with Gasteiger partial charge in [-0.2, -0.15) is 0 Å². The van der Waals surface area contributed by atoms with E-state index in [0.717, 1.165) is 12.1 Å². The van der Waals surface area contributed by atoms with Gasteiger partial charge in [0.1, 0.15) is 0 Å². The van der Waals surface area contributed by atoms with E-state index in [1.807, 2.05) is 0 Å². The quantitative estimate of drug-likeness (QED) is 0.832. The number of hydrogen-bond acceptors (Lipinski definition) is 3. The van der Waals surface area contributed by atoms with E-state index in [0.29, 0.717) is 16.8 Å². The van der Waals surface area contributed by atoms with Crippen molar-refractivity contribution in [2.24, 2.45) is 0 Å². The van der Waals surface area contributed by atoms with Crippen LogP contribution in [-0.2, 0) is 4.79 Å². The standard InChI is InChI=1S/C19H21F2N3O2/c1-12(14-6-9-16(20)17(21)10-14)22-11-18(25)23-15-7-4-13(5-8-15)19(26)24(2)3/h4-10,12,22H,11H2,1-3H3,(H,23,25)/t12-/m1/s1. The molecule has 2 amide bonds. The summed E-state index contributed by atoms with van der Waals surface area (Å²) in [5, 5.41) is 5.65. The summed E-state index contributed by atoms with van der Waals surface area (Å²) in [6, 6.07) is 9.86. The molecule has 7 heteroatoms. The maximum Gasteiger partial charge on any atom is 0.253 e. The van der Waals surface area contributed by atoms with Crippen LogP contribution in [-0.4, -0.2) is 37.4 Å². The van der Waals surface area contributed by atoms with Crippen LogP contribution in [0.1, 0.15) is 28.9 Å². The molecule has 0 aliphatic rings. The molecule has 0 saturated heterocycles. The predicted molar refractivity (Wildman–Crippen MR) is 95.9 cm³/mol. The van der Waals surface area contributed by atoms with E-state index in [4.69, 9.17) is 0 Å². The normalized spacial score (nSPS) is 11.7. The third-order valence-electron chi connectivity index (χ3n) is 3.83. The molecule has 0 aromatic heterocycles. The van der Waals surface area contributed by atoms with Gasteiger partial charge in [-0.05, 0) is 48.9 Å². The SMILES string of the molecule is C[C@@H](NCC(=O)Nc1ccc(C(=O)N(C)C)cc1)c1ccc(F)c(F)c1. The Balaban J connectivity index is 1.88. The molecule has 0 aliphatic heterocycles. The number of rotatable bonds is 6. The van der Waals surface area contributed by atoms with Gasteiger partial charge in [0.25, 0.3) is 5.91 Å². The van der Waals surface area contributed by atoms with Crippen LogP contribution in [0.4, 0.5) is 14.5 Å². The second kappa shape index (κ2) is 8.53. The minimum Gasteiger partial charge on any atom is -0.345 e. The summed E-state index contributed by atoms with van der Waals surface area (Å²) in [5.74, 6) is -2.24. The summed E-state index contributed by atoms with van der Waals surface area (Å²) in [6.07, 6.45) is 0. The third kappa shape index (κ3) is 5.10. The van der Waals surface area contributed by atoms with E-state index in [9.17, 15) is 18.4 Å². The molecule has 0 radical (unpaired) electrons. The van der Waals surface area contributed by atoms with Gasteiger partial charge in [0.05, 0.1) is 6.54 Å². The number of nitrogens with one attached hydrogen (secondary N) is 2. The van der Waals surface area contributed by atoms with Crippen molar-refractivity contribution in [2.75, 3.05) is 26.0 Å². The van der Waals surface area contributed by atoms with Gasteiger partial charge < -0.3 is 15.5 Å². The number of nitrogens with zero attached hydrogens (tertiary/aromatic N) is 1. The highest BCUT2D eigenvalue weighted by molar-refractivity contribution is 5.96. The summed E-state index contributed by atoms with van der Waals surface area (Å²) in [4.78, 5) is 25.3. The molecule has 0 spiro atoms. The van der Waals surface area contributed by atoms with Crippen LogP contribution >= 0.6 is 0 Å². The minimum atomic E-state index is -0.923. The van der Waals surface area contributed by atoms with Crippen LogP contribution in [0.25, 0.3) is 0 Å². The van der Waals surface area contributed by atoms with Gasteiger partial charge in [-0.15, -0.1) is 0 Å². The number of carbonyl (C=O) groups is 2. The first-order valence-corrected chi connectivity index (χ1v) is 8.08. The Labute approximate surface area is 151 Å². The summed E-state index contributed by atoms with van der Waals surface area (Å²) in [5.41, 5.74) is 1.63. The fourth-order valence-corrected chi connectivity index (χ4v) is 2.30. The van der Waals surface area contributed by atoms with Crippen molar-refractivity contribution in [1.29, 1.82) is 0 Å². The second-order valence-corrected chi connectivity index (χ2v) is 6.10. The van der Waals surface area contributed by atoms with Gasteiger partial charge in [0.2, 0.25) is 5.91 Å². The molecule has 2 aromatic rings. The lowest BCUT2D eigenvalue weighted by molar-refractivity contribution is -0.115. The zero-order chi connectivity index (χ0) is 19.3. The smallest absolute Gasteiger partial charge is 0.253 e. The highest BCUT2D eigenvalue weighted by atomic mass is 19.2. The summed E-state index contributed by atoms with van der Waals surface area (Å²) in [6.45, 7) is 1.75. The Morgan fingerprint density at radius 1 is 1.04 bits per heavy atom. The van der Waals surface area contributed by atoms with Gasteiger partial charge in [-0.3, -0.25) is 9.59 Å². The average molecular weight is 361 g/mol. The highest BCUT2D eigenvalue weighted by Crippen LogP contribution is 2.16. The molecule has 26 heavy (non-hydrogen) atoms. The van der Waals surface area contributed by atoms with E-state index in [1.165, 1.54) is 11.0 Å². The van der Waals surface area contributed by atoms with Crippen LogP contribution in [0.3, 0.4) is 0 Å². The number of hydrogen-bond donors (Lipinski definition) is 2. The molecule has 138 valence electrons. The Hall–Kier alpha value is -2.80. The number of benzene rings is 2. The lowest BCUT2D eigenvalue weighted by atomic mass is 10.1. The van der Waals surface area contributed by atoms with Crippen molar-refractivity contribution < 1.29 is 18.4 Å². The van der Waals surface area contributed by atoms with E-state index in [1.54, 1.807) is 45.3 Å². The fraction of sp³-hybridized carbons (Fsp3) is 0.263. The molecule has 0 fully saturated rings. The molecule has 2 rings (SSSR count). The molecular formula is C19H21F2N3O2. The van der Waals surface area contributed by atoms with Gasteiger partial charge >= 0.3 is 0 Å². The van der Waals surface area contributed by atoms with E-state index in [2.05, 4.69) is 10.6 Å². The second-order valence-electron chi connectivity index (χ2n) is 6.10. The molecule has 0 unspecified atom stereocenters. The van der Waals surface area contributed by atoms with E-state index < -0.39 is 11.6 Å². The largest absolute Gasteiger partial charge is 0.345 e. The van der Waals surface area contributed by atoms with Crippen molar-refractivity contribution >= 4 is 17.5 Å². The van der Waals surface area contributed by atoms with Crippen molar-refractivity contribution in [3.05, 3.63) is 65.2 Å². The van der Waals surface area contributed by atoms with Gasteiger partial charge in [0.15, 0.2) is 11.6 Å². The van der Waals surface area contributed by atoms with Gasteiger partial charge in [-0.1, -0.05) is 6.07 Å². The van der Waals surface area contributed by atoms with Crippen LogP contribution < -0.4 is 10.6 Å². The number of carbonyl (C=O) groups excluding carboxylic acids is 2. The topological polar surface area (TPSA) is 61.4 Å². The number of halogens is 2. The first kappa shape index (κ1) is 19.5. The van der Waals surface area contributed by atoms with E-state index in [-0.39, 0.29) is 24.4 Å². The Morgan fingerprint density at radius 2 is 1.69 bits per heavy atom. The molecule has 0 heterocycles. The third-order valence-corrected chi connectivity index (χ3v) is 3.83. The Bertz CT molecular complexity index is 792. The average Bonchev–Trinajstić information content (AvgIpc) is 2.62. The molecule has 2 aromatic carbocycles. The van der Waals surface area contributed by atoms with Crippen LogP contribution in [0.5, 0.6) is 0 Å². The summed E-state index contributed by atoms with van der Waals surface area (Å²) >= 11 is 0. The van der Waals surface area contributed by atoms with Crippen molar-refractivity contribution in [3.63, 3.8) is 0 Å². The Kier molecular flexibility index (Phi) is 6.41. The monoisotopic (exact) mass is 361 g/mol. The summed E-state index contributed by atoms with van der Waals surface area (Å²) in [7, 11) is 3.33. The molecular weight excluding hydrogens is 340 g/mol. The lowest BCUT2D eigenvalue weighted by Gasteiger charge is -2.15. The molecule has 2 N–H and O–H groups in total. The highest BCUT2D eigenvalue weighted by Gasteiger charge is 2.11. The molecule has 1 atom stereocenters. The van der Waals surface area contributed by atoms with Crippen LogP contribution in [0.2, 0.25) is 0 Å². The molecule has 0 bridgehead atoms. The maximum atomic E-state index is 13.3. The van der Waals surface area contributed by atoms with Gasteiger partial charge in [-0.25, -0.2) is 8.78 Å². The Morgan fingerprint density at radius 3 is 2.27 bits per heavy atom. The van der Waals surface area contributed by atoms with Crippen LogP contribution in [0, 0.1) is 11.6 Å². The first-order chi connectivity index (χ1) is 12.3. The molecule has 5 nitrogen and oxygen atoms in total. The lowest BCUT2D eigenvalue weighted by Crippen LogP contribution is -2.30. The molecule has 0 saturated carbocycles. The zero-order valence-corrected chi connectivity index (χ0v) is 14.8. The van der Waals surface area contributed by atoms with Crippen LogP contribution in [0.15, 0.2) is 42.5 Å². The fourth-order valence-electron chi connectivity index (χ4n) is 2.30. The zero-order valence-electron chi connectivity index (χ0n) is 14.8. The van der Waals surface area contributed by atoms with Crippen molar-refractivity contribution in [1.82, 2.24) is 10.2 Å². The first-order valence-electron chi connectivity index (χ1n) is 8.08. The molecule has 0 aliphatic carbocycles.